The van der Waals surface area contributed by atoms with E-state index < -0.39 is 39.0 Å². The lowest BCUT2D eigenvalue weighted by Gasteiger charge is -2.43. The van der Waals surface area contributed by atoms with Crippen molar-refractivity contribution in [1.29, 1.82) is 5.26 Å². The largest absolute Gasteiger partial charge is 0.444 e. The van der Waals surface area contributed by atoms with Crippen LogP contribution in [0.25, 0.3) is 32.1 Å². The van der Waals surface area contributed by atoms with Crippen molar-refractivity contribution in [1.82, 2.24) is 9.88 Å². The Morgan fingerprint density at radius 3 is 2.30 bits per heavy atom. The number of hydrogen-bond donors (Lipinski definition) is 1. The van der Waals surface area contributed by atoms with Crippen LogP contribution in [0.15, 0.2) is 23.2 Å². The van der Waals surface area contributed by atoms with Crippen LogP contribution in [-0.4, -0.2) is 73.1 Å². The summed E-state index contributed by atoms with van der Waals surface area (Å²) in [6.45, 7) is 11.7. The molecule has 3 aliphatic heterocycles. The Labute approximate surface area is 315 Å². The molecule has 2 unspecified atom stereocenters. The van der Waals surface area contributed by atoms with Crippen molar-refractivity contribution in [3.05, 3.63) is 45.7 Å². The Morgan fingerprint density at radius 2 is 1.70 bits per heavy atom. The van der Waals surface area contributed by atoms with Crippen LogP contribution < -0.4 is 10.2 Å². The van der Waals surface area contributed by atoms with Gasteiger partial charge in [-0.05, 0) is 83.2 Å². The molecule has 7 rings (SSSR count). The van der Waals surface area contributed by atoms with Gasteiger partial charge in [0.25, 0.3) is 0 Å². The molecule has 2 amide bonds. The molecular formula is C37H39ClFN5O7S2. The number of nitriles is 1. The summed E-state index contributed by atoms with van der Waals surface area (Å²) in [5.41, 5.74) is 1.67. The maximum Gasteiger partial charge on any atom is 0.412 e. The Kier molecular flexibility index (Phi) is 9.08. The minimum Gasteiger partial charge on any atom is -0.444 e. The number of thiophene rings is 1. The van der Waals surface area contributed by atoms with Crippen molar-refractivity contribution in [2.75, 3.05) is 29.6 Å². The highest BCUT2D eigenvalue weighted by molar-refractivity contribution is 7.90. The smallest absolute Gasteiger partial charge is 0.412 e. The van der Waals surface area contributed by atoms with Crippen LogP contribution >= 0.6 is 22.9 Å². The first kappa shape index (κ1) is 37.1. The summed E-state index contributed by atoms with van der Waals surface area (Å²) >= 11 is 8.24. The van der Waals surface area contributed by atoms with E-state index in [4.69, 9.17) is 25.8 Å². The first-order valence-corrected chi connectivity index (χ1v) is 20.2. The van der Waals surface area contributed by atoms with Gasteiger partial charge in [-0.1, -0.05) is 17.7 Å². The number of anilines is 2. The lowest BCUT2D eigenvalue weighted by atomic mass is 9.90. The zero-order valence-electron chi connectivity index (χ0n) is 30.3. The number of amides is 2. The highest BCUT2D eigenvalue weighted by atomic mass is 35.5. The number of aromatic nitrogens is 1. The van der Waals surface area contributed by atoms with E-state index in [-0.39, 0.29) is 61.5 Å². The van der Waals surface area contributed by atoms with E-state index >= 15 is 4.39 Å². The standard InChI is InChI=1S/C37H39ClFN5O7S2/c1-36(2,3)50-34(45)42-33-21(13-40)28-20(10-11-24(39)32(28)52-33)27-22-16-49-17-23(22)29-25(12-26(53(7,47)48)41-31(29)30(27)38)44-18-8-9-19(44)15-43(14-18)35(46)51-37(4,5)6/h10-12,18-19H,8-9,14-17H2,1-7H3,(H,42,45). The number of likely N-dealkylation sites (tertiary alicyclic amines) is 1. The van der Waals surface area contributed by atoms with Crippen LogP contribution in [-0.2, 0) is 37.3 Å². The number of fused-ring (bicyclic) bond motifs is 6. The van der Waals surface area contributed by atoms with E-state index in [0.29, 0.717) is 40.9 Å². The van der Waals surface area contributed by atoms with Crippen molar-refractivity contribution in [3.8, 4) is 17.2 Å². The predicted molar refractivity (Wildman–Crippen MR) is 201 cm³/mol. The number of sulfone groups is 1. The van der Waals surface area contributed by atoms with Crippen molar-refractivity contribution in [2.24, 2.45) is 0 Å². The van der Waals surface area contributed by atoms with Crippen LogP contribution in [0.3, 0.4) is 0 Å². The number of nitrogens with zero attached hydrogens (tertiary/aromatic N) is 4. The van der Waals surface area contributed by atoms with Crippen LogP contribution in [0.5, 0.6) is 0 Å². The van der Waals surface area contributed by atoms with Crippen LogP contribution in [0.2, 0.25) is 5.02 Å². The van der Waals surface area contributed by atoms with E-state index in [1.165, 1.54) is 12.1 Å². The van der Waals surface area contributed by atoms with Crippen molar-refractivity contribution >= 4 is 76.6 Å². The summed E-state index contributed by atoms with van der Waals surface area (Å²) in [6, 6.07) is 6.23. The van der Waals surface area contributed by atoms with E-state index in [2.05, 4.69) is 21.3 Å². The third kappa shape index (κ3) is 6.75. The van der Waals surface area contributed by atoms with Gasteiger partial charge in [0.05, 0.1) is 39.7 Å². The number of benzene rings is 2. The van der Waals surface area contributed by atoms with Gasteiger partial charge in [-0.2, -0.15) is 5.26 Å². The number of carbonyl (C=O) groups excluding carboxylic acids is 2. The second-order valence-corrected chi connectivity index (χ2v) is 19.0. The maximum atomic E-state index is 15.5. The molecule has 2 fully saturated rings. The minimum atomic E-state index is -3.85. The second-order valence-electron chi connectivity index (χ2n) is 15.6. The zero-order chi connectivity index (χ0) is 38.4. The summed E-state index contributed by atoms with van der Waals surface area (Å²) in [7, 11) is -3.85. The number of nitrogens with one attached hydrogen (secondary N) is 1. The molecule has 2 bridgehead atoms. The average Bonchev–Trinajstić information content (AvgIpc) is 3.73. The molecule has 2 aromatic carbocycles. The summed E-state index contributed by atoms with van der Waals surface area (Å²) < 4.78 is 59.1. The topological polar surface area (TPSA) is 151 Å². The SMILES string of the molecule is CC(C)(C)OC(=O)Nc1sc2c(F)ccc(-c3c4c(c5c(N6C7CCC6CN(C(=O)OC(C)(C)C)C7)cc(S(C)(=O)=O)nc5c3Cl)COC4)c2c1C#N. The van der Waals surface area contributed by atoms with Crippen LogP contribution in [0, 0.1) is 17.1 Å². The Hall–Kier alpha value is -4.23. The molecule has 4 aromatic rings. The molecule has 0 saturated carbocycles. The molecular weight excluding hydrogens is 745 g/mol. The van der Waals surface area contributed by atoms with Gasteiger partial charge in [-0.3, -0.25) is 5.32 Å². The zero-order valence-corrected chi connectivity index (χ0v) is 32.7. The first-order valence-electron chi connectivity index (χ1n) is 17.1. The van der Waals surface area contributed by atoms with Gasteiger partial charge in [-0.25, -0.2) is 27.4 Å². The molecule has 2 aromatic heterocycles. The normalized spacial score (nSPS) is 18.7. The van der Waals surface area contributed by atoms with Gasteiger partial charge in [0, 0.05) is 47.8 Å². The Morgan fingerprint density at radius 1 is 1.06 bits per heavy atom. The van der Waals surface area contributed by atoms with E-state index in [1.807, 2.05) is 20.8 Å². The monoisotopic (exact) mass is 783 g/mol. The number of ether oxygens (including phenoxy) is 3. The van der Waals surface area contributed by atoms with Crippen molar-refractivity contribution in [2.45, 2.75) is 95.9 Å². The second kappa shape index (κ2) is 13.0. The van der Waals surface area contributed by atoms with Gasteiger partial charge < -0.3 is 24.0 Å². The van der Waals surface area contributed by atoms with Crippen molar-refractivity contribution < 1.29 is 36.6 Å². The Bertz CT molecular complexity index is 2370. The lowest BCUT2D eigenvalue weighted by Crippen LogP contribution is -2.56. The molecule has 5 heterocycles. The van der Waals surface area contributed by atoms with Crippen LogP contribution in [0.4, 0.5) is 24.7 Å². The maximum absolute atomic E-state index is 15.5. The molecule has 1 N–H and O–H groups in total. The molecule has 16 heteroatoms. The van der Waals surface area contributed by atoms with Gasteiger partial charge in [0.15, 0.2) is 14.9 Å². The van der Waals surface area contributed by atoms with Gasteiger partial charge in [-0.15, -0.1) is 11.3 Å². The fraction of sp³-hybridized carbons (Fsp3) is 0.459. The lowest BCUT2D eigenvalue weighted by molar-refractivity contribution is 0.0209. The quantitative estimate of drug-likeness (QED) is 0.215. The number of hydrogen-bond acceptors (Lipinski definition) is 11. The summed E-state index contributed by atoms with van der Waals surface area (Å²) in [4.78, 5) is 34.4. The number of piperazine rings is 1. The van der Waals surface area contributed by atoms with Gasteiger partial charge in [0.1, 0.15) is 28.1 Å². The van der Waals surface area contributed by atoms with Gasteiger partial charge >= 0.3 is 12.2 Å². The number of halogens is 2. The minimum absolute atomic E-state index is 0.0205. The highest BCUT2D eigenvalue weighted by Gasteiger charge is 2.44. The summed E-state index contributed by atoms with van der Waals surface area (Å²) in [5, 5.41) is 13.9. The molecule has 0 radical (unpaired) electrons. The van der Waals surface area contributed by atoms with E-state index in [9.17, 15) is 23.3 Å². The fourth-order valence-corrected chi connectivity index (χ4v) is 9.51. The van der Waals surface area contributed by atoms with Crippen LogP contribution in [0.1, 0.15) is 71.1 Å². The van der Waals surface area contributed by atoms with E-state index in [1.54, 1.807) is 31.7 Å². The fourth-order valence-electron chi connectivity index (χ4n) is 7.51. The average molecular weight is 784 g/mol. The summed E-state index contributed by atoms with van der Waals surface area (Å²) in [6.07, 6.45) is 1.43. The molecule has 53 heavy (non-hydrogen) atoms. The molecule has 0 aliphatic carbocycles. The molecule has 12 nitrogen and oxygen atoms in total. The number of pyridine rings is 1. The predicted octanol–water partition coefficient (Wildman–Crippen LogP) is 8.15. The van der Waals surface area contributed by atoms with Gasteiger partial charge in [0.2, 0.25) is 0 Å². The number of rotatable bonds is 4. The summed E-state index contributed by atoms with van der Waals surface area (Å²) in [5.74, 6) is -0.604. The molecule has 0 spiro atoms. The van der Waals surface area contributed by atoms with E-state index in [0.717, 1.165) is 36.0 Å². The third-order valence-electron chi connectivity index (χ3n) is 9.44. The third-order valence-corrected chi connectivity index (χ3v) is 11.9. The molecule has 2 atom stereocenters. The number of carbonyl (C=O) groups is 2. The first-order chi connectivity index (χ1) is 24.8. The highest BCUT2D eigenvalue weighted by Crippen LogP contribution is 2.51. The molecule has 280 valence electrons. The molecule has 3 aliphatic rings. The van der Waals surface area contributed by atoms with Crippen molar-refractivity contribution in [3.63, 3.8) is 0 Å². The Balaban J connectivity index is 1.43. The molecule has 2 saturated heterocycles.